The minimum absolute atomic E-state index is 0.139. The predicted octanol–water partition coefficient (Wildman–Crippen LogP) is 0.169. The smallest absolute Gasteiger partial charge is 0.253 e. The van der Waals surface area contributed by atoms with Crippen molar-refractivity contribution >= 4 is 15.7 Å². The van der Waals surface area contributed by atoms with Crippen LogP contribution in [0.3, 0.4) is 0 Å². The first-order valence-electron chi connectivity index (χ1n) is 5.98. The lowest BCUT2D eigenvalue weighted by atomic mass is 10.2. The van der Waals surface area contributed by atoms with Crippen molar-refractivity contribution in [1.29, 1.82) is 0 Å². The molecule has 0 saturated heterocycles. The summed E-state index contributed by atoms with van der Waals surface area (Å²) in [6.45, 7) is 0.283. The van der Waals surface area contributed by atoms with E-state index in [-0.39, 0.29) is 24.0 Å². The molecule has 112 valence electrons. The largest absolute Gasteiger partial charge is 0.389 e. The van der Waals surface area contributed by atoms with Crippen LogP contribution in [0.1, 0.15) is 10.4 Å². The molecule has 0 aromatic heterocycles. The Morgan fingerprint density at radius 3 is 2.35 bits per heavy atom. The molecule has 0 fully saturated rings. The molecule has 1 amide bonds. The zero-order valence-corrected chi connectivity index (χ0v) is 12.6. The highest BCUT2D eigenvalue weighted by Crippen LogP contribution is 2.11. The lowest BCUT2D eigenvalue weighted by molar-refractivity contribution is 0.0380. The van der Waals surface area contributed by atoms with Gasteiger partial charge in [-0.25, -0.2) is 8.42 Å². The normalized spacial score (nSPS) is 13.0. The van der Waals surface area contributed by atoms with Gasteiger partial charge in [0.15, 0.2) is 9.84 Å². The van der Waals surface area contributed by atoms with Crippen LogP contribution in [0.5, 0.6) is 0 Å². The number of methoxy groups -OCH3 is 1. The molecule has 1 aromatic carbocycles. The summed E-state index contributed by atoms with van der Waals surface area (Å²) >= 11 is 0. The van der Waals surface area contributed by atoms with Gasteiger partial charge in [-0.05, 0) is 24.3 Å². The van der Waals surface area contributed by atoms with E-state index in [2.05, 4.69) is 0 Å². The molecule has 0 heterocycles. The van der Waals surface area contributed by atoms with E-state index >= 15 is 0 Å². The Morgan fingerprint density at radius 2 is 1.90 bits per heavy atom. The zero-order chi connectivity index (χ0) is 15.3. The molecule has 0 aliphatic carbocycles. The van der Waals surface area contributed by atoms with E-state index in [1.165, 1.54) is 36.3 Å². The van der Waals surface area contributed by atoms with Gasteiger partial charge in [-0.1, -0.05) is 0 Å². The lowest BCUT2D eigenvalue weighted by Gasteiger charge is -2.20. The molecule has 0 aliphatic heterocycles. The van der Waals surface area contributed by atoms with Crippen molar-refractivity contribution in [2.24, 2.45) is 0 Å². The first kappa shape index (κ1) is 16.6. The number of hydrogen-bond donors (Lipinski definition) is 1. The topological polar surface area (TPSA) is 83.9 Å². The van der Waals surface area contributed by atoms with E-state index in [0.29, 0.717) is 5.56 Å². The summed E-state index contributed by atoms with van der Waals surface area (Å²) in [4.78, 5) is 13.6. The van der Waals surface area contributed by atoms with Gasteiger partial charge in [-0.2, -0.15) is 0 Å². The maximum atomic E-state index is 12.1. The molecular weight excluding hydrogens is 282 g/mol. The lowest BCUT2D eigenvalue weighted by Crippen LogP contribution is -2.36. The summed E-state index contributed by atoms with van der Waals surface area (Å²) in [6, 6.07) is 5.69. The molecule has 1 aromatic rings. The first-order valence-corrected chi connectivity index (χ1v) is 7.87. The van der Waals surface area contributed by atoms with Crippen LogP contribution < -0.4 is 0 Å². The van der Waals surface area contributed by atoms with Crippen molar-refractivity contribution in [3.05, 3.63) is 29.8 Å². The van der Waals surface area contributed by atoms with E-state index in [1.54, 1.807) is 7.05 Å². The Bertz CT molecular complexity index is 553. The molecule has 0 radical (unpaired) electrons. The molecule has 0 aliphatic rings. The van der Waals surface area contributed by atoms with Crippen LogP contribution in [0, 0.1) is 0 Å². The molecule has 1 rings (SSSR count). The molecule has 1 atom stereocenters. The third kappa shape index (κ3) is 4.59. The highest BCUT2D eigenvalue weighted by atomic mass is 32.2. The Morgan fingerprint density at radius 1 is 1.35 bits per heavy atom. The second-order valence-electron chi connectivity index (χ2n) is 4.59. The molecule has 1 N–H and O–H groups in total. The number of carbonyl (C=O) groups is 1. The Labute approximate surface area is 118 Å². The SMILES string of the molecule is COCC(O)CN(C)C(=O)c1ccc(S(C)(=O)=O)cc1. The number of aliphatic hydroxyl groups is 1. The Balaban J connectivity index is 2.77. The molecular formula is C13H19NO5S. The van der Waals surface area contributed by atoms with E-state index < -0.39 is 15.9 Å². The van der Waals surface area contributed by atoms with Crippen molar-refractivity contribution in [2.75, 3.05) is 33.6 Å². The molecule has 6 nitrogen and oxygen atoms in total. The number of amides is 1. The third-order valence-electron chi connectivity index (χ3n) is 2.72. The Hall–Kier alpha value is -1.44. The minimum atomic E-state index is -3.27. The fraction of sp³-hybridized carbons (Fsp3) is 0.462. The fourth-order valence-electron chi connectivity index (χ4n) is 1.71. The molecule has 0 spiro atoms. The van der Waals surface area contributed by atoms with E-state index in [4.69, 9.17) is 4.74 Å². The van der Waals surface area contributed by atoms with Crippen molar-refractivity contribution in [3.63, 3.8) is 0 Å². The molecule has 7 heteroatoms. The second kappa shape index (κ2) is 6.83. The minimum Gasteiger partial charge on any atom is -0.389 e. The summed E-state index contributed by atoms with van der Waals surface area (Å²) < 4.78 is 27.4. The number of nitrogens with zero attached hydrogens (tertiary/aromatic N) is 1. The summed E-state index contributed by atoms with van der Waals surface area (Å²) in [7, 11) is -0.245. The van der Waals surface area contributed by atoms with Gasteiger partial charge in [0.1, 0.15) is 0 Å². The van der Waals surface area contributed by atoms with Gasteiger partial charge in [0.25, 0.3) is 5.91 Å². The maximum absolute atomic E-state index is 12.1. The quantitative estimate of drug-likeness (QED) is 0.809. The predicted molar refractivity (Wildman–Crippen MR) is 74.4 cm³/mol. The number of hydrogen-bond acceptors (Lipinski definition) is 5. The number of benzene rings is 1. The average Bonchev–Trinajstić information content (AvgIpc) is 2.37. The maximum Gasteiger partial charge on any atom is 0.253 e. The van der Waals surface area contributed by atoms with Crippen LogP contribution in [-0.2, 0) is 14.6 Å². The van der Waals surface area contributed by atoms with Crippen LogP contribution in [0.2, 0.25) is 0 Å². The van der Waals surface area contributed by atoms with Crippen molar-refractivity contribution in [3.8, 4) is 0 Å². The first-order chi connectivity index (χ1) is 9.25. The summed E-state index contributed by atoms with van der Waals surface area (Å²) in [5, 5.41) is 9.57. The van der Waals surface area contributed by atoms with Crippen molar-refractivity contribution in [1.82, 2.24) is 4.90 Å². The molecule has 1 unspecified atom stereocenters. The number of carbonyl (C=O) groups excluding carboxylic acids is 1. The third-order valence-corrected chi connectivity index (χ3v) is 3.85. The summed E-state index contributed by atoms with van der Waals surface area (Å²) in [6.07, 6.45) is 0.348. The zero-order valence-electron chi connectivity index (χ0n) is 11.7. The number of sulfone groups is 1. The second-order valence-corrected chi connectivity index (χ2v) is 6.61. The number of ether oxygens (including phenoxy) is 1. The van der Waals surface area contributed by atoms with Crippen LogP contribution in [-0.4, -0.2) is 64.0 Å². The van der Waals surface area contributed by atoms with Crippen LogP contribution in [0.4, 0.5) is 0 Å². The fourth-order valence-corrected chi connectivity index (χ4v) is 2.34. The van der Waals surface area contributed by atoms with E-state index in [0.717, 1.165) is 6.26 Å². The highest BCUT2D eigenvalue weighted by molar-refractivity contribution is 7.90. The molecule has 20 heavy (non-hydrogen) atoms. The monoisotopic (exact) mass is 301 g/mol. The van der Waals surface area contributed by atoms with E-state index in [1.807, 2.05) is 0 Å². The van der Waals surface area contributed by atoms with Gasteiger partial charge < -0.3 is 14.7 Å². The molecule has 0 saturated carbocycles. The Kier molecular flexibility index (Phi) is 5.67. The van der Waals surface area contributed by atoms with Gasteiger partial charge in [0.2, 0.25) is 0 Å². The average molecular weight is 301 g/mol. The number of rotatable bonds is 6. The number of likely N-dealkylation sites (N-methyl/N-ethyl adjacent to an activating group) is 1. The van der Waals surface area contributed by atoms with Gasteiger partial charge in [-0.15, -0.1) is 0 Å². The summed E-state index contributed by atoms with van der Waals surface area (Å²) in [5.74, 6) is -0.291. The van der Waals surface area contributed by atoms with Crippen LogP contribution >= 0.6 is 0 Å². The van der Waals surface area contributed by atoms with Gasteiger partial charge in [0, 0.05) is 32.5 Å². The standard InChI is InChI=1S/C13H19NO5S/c1-14(8-11(15)9-19-2)13(16)10-4-6-12(7-5-10)20(3,17)18/h4-7,11,15H,8-9H2,1-3H3. The van der Waals surface area contributed by atoms with Crippen molar-refractivity contribution < 1.29 is 23.1 Å². The van der Waals surface area contributed by atoms with Crippen LogP contribution in [0.25, 0.3) is 0 Å². The summed E-state index contributed by atoms with van der Waals surface area (Å²) in [5.41, 5.74) is 0.365. The van der Waals surface area contributed by atoms with Gasteiger partial charge in [-0.3, -0.25) is 4.79 Å². The van der Waals surface area contributed by atoms with E-state index in [9.17, 15) is 18.3 Å². The highest BCUT2D eigenvalue weighted by Gasteiger charge is 2.16. The van der Waals surface area contributed by atoms with Gasteiger partial charge >= 0.3 is 0 Å². The number of aliphatic hydroxyl groups excluding tert-OH is 1. The molecule has 0 bridgehead atoms. The van der Waals surface area contributed by atoms with Crippen LogP contribution in [0.15, 0.2) is 29.2 Å². The van der Waals surface area contributed by atoms with Gasteiger partial charge in [0.05, 0.1) is 17.6 Å². The van der Waals surface area contributed by atoms with Crippen molar-refractivity contribution in [2.45, 2.75) is 11.0 Å².